The number of benzene rings is 2. The Morgan fingerprint density at radius 3 is 2.52 bits per heavy atom. The number of carbonyl (C=O) groups excluding carboxylic acids is 1. The summed E-state index contributed by atoms with van der Waals surface area (Å²) in [6, 6.07) is 6.94. The van der Waals surface area contributed by atoms with Gasteiger partial charge in [-0.2, -0.15) is 0 Å². The second kappa shape index (κ2) is 5.79. The molecule has 0 amide bonds. The fourth-order valence-corrected chi connectivity index (χ4v) is 2.14. The summed E-state index contributed by atoms with van der Waals surface area (Å²) >= 11 is 0. The van der Waals surface area contributed by atoms with E-state index in [-0.39, 0.29) is 28.2 Å². The third-order valence-corrected chi connectivity index (χ3v) is 3.32. The van der Waals surface area contributed by atoms with Gasteiger partial charge in [-0.05, 0) is 37.1 Å². The Hall–Kier alpha value is -2.62. The number of allylic oxidation sites excluding steroid dienone is 1. The van der Waals surface area contributed by atoms with Crippen LogP contribution in [0.3, 0.4) is 0 Å². The van der Waals surface area contributed by atoms with Crippen LogP contribution in [0.5, 0.6) is 11.5 Å². The van der Waals surface area contributed by atoms with Crippen LogP contribution in [-0.4, -0.2) is 16.0 Å². The largest absolute Gasteiger partial charge is 0.507 e. The van der Waals surface area contributed by atoms with Crippen LogP contribution >= 0.6 is 0 Å². The average Bonchev–Trinajstić information content (AvgIpc) is 2.48. The molecule has 0 heterocycles. The zero-order valence-corrected chi connectivity index (χ0v) is 11.6. The Labute approximate surface area is 122 Å². The smallest absolute Gasteiger partial charge is 0.199 e. The highest BCUT2D eigenvalue weighted by atomic mass is 19.1. The maximum atomic E-state index is 13.7. The normalized spacial score (nSPS) is 10.4. The predicted molar refractivity (Wildman–Crippen MR) is 78.2 cm³/mol. The van der Waals surface area contributed by atoms with Crippen LogP contribution in [0.4, 0.5) is 4.39 Å². The first kappa shape index (κ1) is 14.8. The topological polar surface area (TPSA) is 57.5 Å². The van der Waals surface area contributed by atoms with E-state index in [1.54, 1.807) is 12.1 Å². The monoisotopic (exact) mass is 286 g/mol. The number of carbonyl (C=O) groups is 1. The Balaban J connectivity index is 2.61. The molecule has 2 rings (SSSR count). The van der Waals surface area contributed by atoms with Gasteiger partial charge in [0, 0.05) is 5.56 Å². The standard InChI is InChI=1S/C17H15FO3/c1-3-6-11-9-13(16(20)10(2)15(11)19)17(21)12-7-4-5-8-14(12)18/h3-5,7-9,19-20H,1,6H2,2H3. The molecular formula is C17H15FO3. The number of ketones is 1. The van der Waals surface area contributed by atoms with Crippen LogP contribution in [0.1, 0.15) is 27.0 Å². The molecule has 0 aromatic heterocycles. The predicted octanol–water partition coefficient (Wildman–Crippen LogP) is 3.50. The van der Waals surface area contributed by atoms with E-state index in [0.29, 0.717) is 12.0 Å². The van der Waals surface area contributed by atoms with E-state index in [9.17, 15) is 19.4 Å². The minimum Gasteiger partial charge on any atom is -0.507 e. The lowest BCUT2D eigenvalue weighted by atomic mass is 9.95. The summed E-state index contributed by atoms with van der Waals surface area (Å²) in [6.45, 7) is 5.07. The second-order valence-electron chi connectivity index (χ2n) is 4.71. The van der Waals surface area contributed by atoms with Crippen LogP contribution in [-0.2, 0) is 6.42 Å². The van der Waals surface area contributed by atoms with Gasteiger partial charge < -0.3 is 10.2 Å². The zero-order chi connectivity index (χ0) is 15.6. The Bertz CT molecular complexity index is 720. The van der Waals surface area contributed by atoms with Gasteiger partial charge in [0.2, 0.25) is 0 Å². The van der Waals surface area contributed by atoms with Crippen molar-refractivity contribution in [1.82, 2.24) is 0 Å². The maximum Gasteiger partial charge on any atom is 0.199 e. The lowest BCUT2D eigenvalue weighted by molar-refractivity contribution is 0.103. The molecule has 0 aliphatic rings. The molecule has 2 aromatic carbocycles. The lowest BCUT2D eigenvalue weighted by Crippen LogP contribution is -2.06. The third kappa shape index (κ3) is 2.65. The van der Waals surface area contributed by atoms with E-state index in [1.165, 1.54) is 31.2 Å². The van der Waals surface area contributed by atoms with Crippen LogP contribution in [0.25, 0.3) is 0 Å². The van der Waals surface area contributed by atoms with E-state index >= 15 is 0 Å². The fraction of sp³-hybridized carbons (Fsp3) is 0.118. The minimum absolute atomic E-state index is 0.0350. The summed E-state index contributed by atoms with van der Waals surface area (Å²) in [5.74, 6) is -1.71. The van der Waals surface area contributed by atoms with Gasteiger partial charge in [-0.3, -0.25) is 4.79 Å². The number of hydrogen-bond acceptors (Lipinski definition) is 3. The molecule has 0 atom stereocenters. The number of halogens is 1. The lowest BCUT2D eigenvalue weighted by Gasteiger charge is -2.12. The first-order chi connectivity index (χ1) is 9.97. The van der Waals surface area contributed by atoms with Crippen LogP contribution in [0.15, 0.2) is 43.0 Å². The number of aromatic hydroxyl groups is 2. The van der Waals surface area contributed by atoms with Crippen molar-refractivity contribution >= 4 is 5.78 Å². The van der Waals surface area contributed by atoms with Gasteiger partial charge in [-0.1, -0.05) is 18.2 Å². The molecule has 0 saturated carbocycles. The molecule has 0 bridgehead atoms. The molecule has 0 radical (unpaired) electrons. The molecule has 0 aliphatic carbocycles. The van der Waals surface area contributed by atoms with Gasteiger partial charge in [0.15, 0.2) is 5.78 Å². The molecule has 0 saturated heterocycles. The van der Waals surface area contributed by atoms with Crippen LogP contribution in [0.2, 0.25) is 0 Å². The van der Waals surface area contributed by atoms with Gasteiger partial charge in [0.25, 0.3) is 0 Å². The molecule has 2 N–H and O–H groups in total. The summed E-state index contributed by atoms with van der Waals surface area (Å²) in [5, 5.41) is 20.0. The molecular weight excluding hydrogens is 271 g/mol. The summed E-state index contributed by atoms with van der Waals surface area (Å²) in [4.78, 5) is 12.4. The molecule has 0 fully saturated rings. The van der Waals surface area contributed by atoms with Gasteiger partial charge >= 0.3 is 0 Å². The number of phenols is 2. The highest BCUT2D eigenvalue weighted by Gasteiger charge is 2.21. The van der Waals surface area contributed by atoms with Crippen LogP contribution < -0.4 is 0 Å². The number of phenolic OH excluding ortho intramolecular Hbond substituents is 2. The maximum absolute atomic E-state index is 13.7. The van der Waals surface area contributed by atoms with Gasteiger partial charge in [0.1, 0.15) is 17.3 Å². The van der Waals surface area contributed by atoms with Crippen molar-refractivity contribution in [3.8, 4) is 11.5 Å². The Morgan fingerprint density at radius 2 is 1.90 bits per heavy atom. The summed E-state index contributed by atoms with van der Waals surface area (Å²) in [6.07, 6.45) is 1.91. The van der Waals surface area contributed by atoms with Gasteiger partial charge in [-0.15, -0.1) is 6.58 Å². The van der Waals surface area contributed by atoms with E-state index in [1.807, 2.05) is 0 Å². The third-order valence-electron chi connectivity index (χ3n) is 3.32. The molecule has 0 spiro atoms. The highest BCUT2D eigenvalue weighted by molar-refractivity contribution is 6.11. The van der Waals surface area contributed by atoms with Crippen molar-refractivity contribution in [2.45, 2.75) is 13.3 Å². The molecule has 0 aliphatic heterocycles. The molecule has 2 aromatic rings. The van der Waals surface area contributed by atoms with Crippen molar-refractivity contribution < 1.29 is 19.4 Å². The quantitative estimate of drug-likeness (QED) is 0.668. The SMILES string of the molecule is C=CCc1cc(C(=O)c2ccccc2F)c(O)c(C)c1O. The molecule has 3 nitrogen and oxygen atoms in total. The molecule has 21 heavy (non-hydrogen) atoms. The van der Waals surface area contributed by atoms with Gasteiger partial charge in [0.05, 0.1) is 11.1 Å². The van der Waals surface area contributed by atoms with Crippen LogP contribution in [0, 0.1) is 12.7 Å². The highest BCUT2D eigenvalue weighted by Crippen LogP contribution is 2.35. The number of hydrogen-bond donors (Lipinski definition) is 2. The van der Waals surface area contributed by atoms with Crippen molar-refractivity contribution in [3.63, 3.8) is 0 Å². The van der Waals surface area contributed by atoms with E-state index in [0.717, 1.165) is 0 Å². The van der Waals surface area contributed by atoms with Gasteiger partial charge in [-0.25, -0.2) is 4.39 Å². The average molecular weight is 286 g/mol. The van der Waals surface area contributed by atoms with E-state index in [2.05, 4.69) is 6.58 Å². The molecule has 4 heteroatoms. The Morgan fingerprint density at radius 1 is 1.24 bits per heavy atom. The number of rotatable bonds is 4. The molecule has 108 valence electrons. The van der Waals surface area contributed by atoms with Crippen molar-refractivity contribution in [2.75, 3.05) is 0 Å². The Kier molecular flexibility index (Phi) is 4.08. The minimum atomic E-state index is -0.655. The fourth-order valence-electron chi connectivity index (χ4n) is 2.14. The molecule has 0 unspecified atom stereocenters. The van der Waals surface area contributed by atoms with E-state index in [4.69, 9.17) is 0 Å². The first-order valence-corrected chi connectivity index (χ1v) is 6.42. The summed E-state index contributed by atoms with van der Waals surface area (Å²) in [7, 11) is 0. The van der Waals surface area contributed by atoms with Crippen molar-refractivity contribution in [1.29, 1.82) is 0 Å². The second-order valence-corrected chi connectivity index (χ2v) is 4.71. The van der Waals surface area contributed by atoms with Crippen molar-refractivity contribution in [2.24, 2.45) is 0 Å². The van der Waals surface area contributed by atoms with E-state index < -0.39 is 11.6 Å². The van der Waals surface area contributed by atoms with Crippen molar-refractivity contribution in [3.05, 3.63) is 71.1 Å². The summed E-state index contributed by atoms with van der Waals surface area (Å²) in [5.41, 5.74) is 0.490. The summed E-state index contributed by atoms with van der Waals surface area (Å²) < 4.78 is 13.7. The zero-order valence-electron chi connectivity index (χ0n) is 11.6. The first-order valence-electron chi connectivity index (χ1n) is 6.42.